The Morgan fingerprint density at radius 3 is 3.13 bits per heavy atom. The van der Waals surface area contributed by atoms with Crippen LogP contribution in [0.25, 0.3) is 0 Å². The smallest absolute Gasteiger partial charge is 0.177 e. The molecule has 78 valence electrons. The van der Waals surface area contributed by atoms with Gasteiger partial charge in [0.2, 0.25) is 0 Å². The molecule has 0 amide bonds. The highest BCUT2D eigenvalue weighted by Crippen LogP contribution is 2.33. The van der Waals surface area contributed by atoms with Crippen LogP contribution in [0.4, 0.5) is 10.1 Å². The van der Waals surface area contributed by atoms with Crippen molar-refractivity contribution in [1.29, 1.82) is 0 Å². The SMILES string of the molecule is O=C(CCl)c1cc(F)c2c(c1)OCC=N2. The van der Waals surface area contributed by atoms with Gasteiger partial charge in [-0.3, -0.25) is 9.79 Å². The van der Waals surface area contributed by atoms with Crippen molar-refractivity contribution < 1.29 is 13.9 Å². The van der Waals surface area contributed by atoms with Crippen LogP contribution < -0.4 is 4.74 Å². The number of hydrogen-bond donors (Lipinski definition) is 0. The van der Waals surface area contributed by atoms with Gasteiger partial charge in [0, 0.05) is 11.8 Å². The molecule has 0 aromatic heterocycles. The number of nitrogens with zero attached hydrogens (tertiary/aromatic N) is 1. The summed E-state index contributed by atoms with van der Waals surface area (Å²) in [6.07, 6.45) is 1.47. The van der Waals surface area contributed by atoms with Crippen LogP contribution in [-0.2, 0) is 0 Å². The molecule has 2 rings (SSSR count). The number of carbonyl (C=O) groups is 1. The van der Waals surface area contributed by atoms with E-state index in [9.17, 15) is 9.18 Å². The molecule has 15 heavy (non-hydrogen) atoms. The highest BCUT2D eigenvalue weighted by atomic mass is 35.5. The number of hydrogen-bond acceptors (Lipinski definition) is 3. The third kappa shape index (κ3) is 1.85. The lowest BCUT2D eigenvalue weighted by atomic mass is 10.1. The van der Waals surface area contributed by atoms with Gasteiger partial charge in [-0.05, 0) is 12.1 Å². The first kappa shape index (κ1) is 10.1. The van der Waals surface area contributed by atoms with E-state index in [2.05, 4.69) is 4.99 Å². The second-order valence-electron chi connectivity index (χ2n) is 2.98. The minimum Gasteiger partial charge on any atom is -0.486 e. The van der Waals surface area contributed by atoms with Crippen LogP contribution in [0, 0.1) is 5.82 Å². The van der Waals surface area contributed by atoms with Gasteiger partial charge in [0.25, 0.3) is 0 Å². The second-order valence-corrected chi connectivity index (χ2v) is 3.25. The molecule has 0 spiro atoms. The number of aliphatic imine (C=N–C) groups is 1. The van der Waals surface area contributed by atoms with Crippen LogP contribution >= 0.6 is 11.6 Å². The maximum Gasteiger partial charge on any atom is 0.177 e. The predicted octanol–water partition coefficient (Wildman–Crippen LogP) is 2.34. The van der Waals surface area contributed by atoms with Gasteiger partial charge in [-0.15, -0.1) is 11.6 Å². The first-order chi connectivity index (χ1) is 7.22. The Kier molecular flexibility index (Phi) is 2.68. The van der Waals surface area contributed by atoms with E-state index in [-0.39, 0.29) is 35.3 Å². The maximum atomic E-state index is 13.4. The lowest BCUT2D eigenvalue weighted by Gasteiger charge is -2.13. The Hall–Kier alpha value is -1.42. The summed E-state index contributed by atoms with van der Waals surface area (Å²) in [5.41, 5.74) is 0.339. The van der Waals surface area contributed by atoms with Gasteiger partial charge in [-0.25, -0.2) is 4.39 Å². The third-order valence-corrected chi connectivity index (χ3v) is 2.25. The molecule has 1 aliphatic heterocycles. The molecule has 1 aliphatic rings. The molecule has 0 radical (unpaired) electrons. The van der Waals surface area contributed by atoms with E-state index in [0.717, 1.165) is 6.07 Å². The molecule has 0 saturated heterocycles. The Morgan fingerprint density at radius 1 is 1.60 bits per heavy atom. The molecule has 5 heteroatoms. The minimum atomic E-state index is -0.572. The second kappa shape index (κ2) is 3.98. The quantitative estimate of drug-likeness (QED) is 0.575. The van der Waals surface area contributed by atoms with Gasteiger partial charge in [0.15, 0.2) is 11.6 Å². The van der Waals surface area contributed by atoms with Crippen molar-refractivity contribution in [3.63, 3.8) is 0 Å². The summed E-state index contributed by atoms with van der Waals surface area (Å²) in [5, 5.41) is 0. The highest BCUT2D eigenvalue weighted by molar-refractivity contribution is 6.30. The Labute approximate surface area is 90.5 Å². The normalized spacial score (nSPS) is 13.2. The van der Waals surface area contributed by atoms with E-state index in [1.165, 1.54) is 12.3 Å². The van der Waals surface area contributed by atoms with Crippen molar-refractivity contribution in [3.05, 3.63) is 23.5 Å². The van der Waals surface area contributed by atoms with Crippen LogP contribution in [0.5, 0.6) is 5.75 Å². The lowest BCUT2D eigenvalue weighted by molar-refractivity contribution is 0.102. The molecule has 0 fully saturated rings. The van der Waals surface area contributed by atoms with Crippen LogP contribution in [0.15, 0.2) is 17.1 Å². The molecular formula is C10H7ClFNO2. The number of alkyl halides is 1. The van der Waals surface area contributed by atoms with Gasteiger partial charge < -0.3 is 4.74 Å². The standard InChI is InChI=1S/C10H7ClFNO2/c11-5-8(14)6-3-7(12)10-9(4-6)15-2-1-13-10/h1,3-4H,2,5H2. The summed E-state index contributed by atoms with van der Waals surface area (Å²) < 4.78 is 18.6. The topological polar surface area (TPSA) is 38.7 Å². The highest BCUT2D eigenvalue weighted by Gasteiger charge is 2.16. The van der Waals surface area contributed by atoms with Crippen molar-refractivity contribution >= 4 is 29.3 Å². The van der Waals surface area contributed by atoms with E-state index in [1.807, 2.05) is 0 Å². The average Bonchev–Trinajstić information content (AvgIpc) is 2.28. The molecule has 1 aromatic carbocycles. The Bertz CT molecular complexity index is 445. The molecule has 0 bridgehead atoms. The van der Waals surface area contributed by atoms with Gasteiger partial charge >= 0.3 is 0 Å². The molecule has 0 N–H and O–H groups in total. The molecule has 0 aliphatic carbocycles. The largest absolute Gasteiger partial charge is 0.486 e. The zero-order valence-electron chi connectivity index (χ0n) is 7.67. The minimum absolute atomic E-state index is 0.132. The zero-order chi connectivity index (χ0) is 10.8. The number of Topliss-reactive ketones (excluding diaryl/α,β-unsaturated/α-hetero) is 1. The van der Waals surface area contributed by atoms with Crippen molar-refractivity contribution in [3.8, 4) is 5.75 Å². The summed E-state index contributed by atoms with van der Waals surface area (Å²) in [6.45, 7) is 0.283. The number of ether oxygens (including phenoxy) is 1. The first-order valence-corrected chi connectivity index (χ1v) is 4.84. The van der Waals surface area contributed by atoms with Crippen LogP contribution in [0.2, 0.25) is 0 Å². The Morgan fingerprint density at radius 2 is 2.40 bits per heavy atom. The van der Waals surface area contributed by atoms with Gasteiger partial charge in [-0.1, -0.05) is 0 Å². The fourth-order valence-electron chi connectivity index (χ4n) is 1.30. The Balaban J connectivity index is 2.50. The molecule has 0 saturated carbocycles. The number of ketones is 1. The van der Waals surface area contributed by atoms with E-state index in [4.69, 9.17) is 16.3 Å². The molecule has 0 unspecified atom stereocenters. The maximum absolute atomic E-state index is 13.4. The number of halogens is 2. The van der Waals surface area contributed by atoms with E-state index in [1.54, 1.807) is 0 Å². The van der Waals surface area contributed by atoms with Crippen LogP contribution in [0.3, 0.4) is 0 Å². The average molecular weight is 228 g/mol. The molecule has 3 nitrogen and oxygen atoms in total. The summed E-state index contributed by atoms with van der Waals surface area (Å²) in [7, 11) is 0. The summed E-state index contributed by atoms with van der Waals surface area (Å²) in [4.78, 5) is 15.1. The molecular weight excluding hydrogens is 221 g/mol. The van der Waals surface area contributed by atoms with Gasteiger partial charge in [0.05, 0.1) is 5.88 Å². The van der Waals surface area contributed by atoms with E-state index >= 15 is 0 Å². The van der Waals surface area contributed by atoms with Crippen molar-refractivity contribution in [2.45, 2.75) is 0 Å². The molecule has 1 heterocycles. The zero-order valence-corrected chi connectivity index (χ0v) is 8.42. The fraction of sp³-hybridized carbons (Fsp3) is 0.200. The van der Waals surface area contributed by atoms with Crippen molar-refractivity contribution in [2.75, 3.05) is 12.5 Å². The summed E-state index contributed by atoms with van der Waals surface area (Å²) in [6, 6.07) is 2.58. The third-order valence-electron chi connectivity index (χ3n) is 2.01. The number of rotatable bonds is 2. The van der Waals surface area contributed by atoms with Crippen LogP contribution in [0.1, 0.15) is 10.4 Å². The number of fused-ring (bicyclic) bond motifs is 1. The number of benzene rings is 1. The molecule has 1 aromatic rings. The van der Waals surface area contributed by atoms with Crippen LogP contribution in [-0.4, -0.2) is 24.5 Å². The van der Waals surface area contributed by atoms with Gasteiger partial charge in [-0.2, -0.15) is 0 Å². The summed E-state index contributed by atoms with van der Waals surface area (Å²) in [5.74, 6) is -0.805. The van der Waals surface area contributed by atoms with Crippen molar-refractivity contribution in [2.24, 2.45) is 4.99 Å². The van der Waals surface area contributed by atoms with E-state index in [0.29, 0.717) is 0 Å². The summed E-state index contributed by atoms with van der Waals surface area (Å²) >= 11 is 5.38. The fourth-order valence-corrected chi connectivity index (χ4v) is 1.46. The lowest BCUT2D eigenvalue weighted by Crippen LogP contribution is -2.07. The van der Waals surface area contributed by atoms with Gasteiger partial charge in [0.1, 0.15) is 18.0 Å². The number of carbonyl (C=O) groups excluding carboxylic acids is 1. The molecule has 0 atom stereocenters. The van der Waals surface area contributed by atoms with Crippen molar-refractivity contribution in [1.82, 2.24) is 0 Å². The first-order valence-electron chi connectivity index (χ1n) is 4.30. The monoisotopic (exact) mass is 227 g/mol. The predicted molar refractivity (Wildman–Crippen MR) is 55.1 cm³/mol. The van der Waals surface area contributed by atoms with E-state index < -0.39 is 5.82 Å².